The molecule has 41 heavy (non-hydrogen) atoms. The summed E-state index contributed by atoms with van der Waals surface area (Å²) in [6.07, 6.45) is 3.61. The highest BCUT2D eigenvalue weighted by molar-refractivity contribution is 7.98. The van der Waals surface area contributed by atoms with Crippen molar-refractivity contribution in [2.24, 2.45) is 5.73 Å². The Morgan fingerprint density at radius 3 is 2.17 bits per heavy atom. The predicted octanol–water partition coefficient (Wildman–Crippen LogP) is 3.05. The van der Waals surface area contributed by atoms with Crippen LogP contribution in [0.3, 0.4) is 0 Å². The van der Waals surface area contributed by atoms with E-state index in [-0.39, 0.29) is 12.8 Å². The number of ether oxygens (including phenoxy) is 1. The summed E-state index contributed by atoms with van der Waals surface area (Å²) < 4.78 is 5.41. The molecule has 220 valence electrons. The Kier molecular flexibility index (Phi) is 11.2. The average Bonchev–Trinajstić information content (AvgIpc) is 3.32. The second kappa shape index (κ2) is 14.6. The first-order valence-corrected chi connectivity index (χ1v) is 14.8. The largest absolute Gasteiger partial charge is 0.444 e. The molecule has 0 aliphatic rings. The van der Waals surface area contributed by atoms with Gasteiger partial charge < -0.3 is 31.4 Å². The second-order valence-corrected chi connectivity index (χ2v) is 11.7. The average molecular weight is 582 g/mol. The standard InChI is InChI=1S/C30H39N5O5S/c1-30(2,3)40-29(39)35-25(17-20-18-32-22-13-9-8-12-21(20)22)28(38)33-23(14-15-41-4)27(37)34-24(26(31)36)16-19-10-6-5-7-11-19/h5-13,18,23-25,32H,14-17H2,1-4H3,(H2,31,36)(H,33,38)(H,34,37)(H,35,39). The molecule has 0 radical (unpaired) electrons. The first-order valence-electron chi connectivity index (χ1n) is 13.4. The van der Waals surface area contributed by atoms with E-state index in [0.29, 0.717) is 12.2 Å². The van der Waals surface area contributed by atoms with Crippen molar-refractivity contribution < 1.29 is 23.9 Å². The number of rotatable bonds is 13. The normalized spacial score (nSPS) is 13.6. The molecule has 0 fully saturated rings. The molecule has 0 saturated heterocycles. The number of carbonyl (C=O) groups is 4. The van der Waals surface area contributed by atoms with E-state index in [9.17, 15) is 19.2 Å². The Hall–Kier alpha value is -3.99. The van der Waals surface area contributed by atoms with Crippen LogP contribution in [-0.4, -0.2) is 64.5 Å². The predicted molar refractivity (Wildman–Crippen MR) is 161 cm³/mol. The Labute approximate surface area is 244 Å². The quantitative estimate of drug-likeness (QED) is 0.209. The summed E-state index contributed by atoms with van der Waals surface area (Å²) in [5.41, 5.74) is 7.38. The van der Waals surface area contributed by atoms with Gasteiger partial charge in [0.2, 0.25) is 17.7 Å². The molecular weight excluding hydrogens is 542 g/mol. The Morgan fingerprint density at radius 2 is 1.51 bits per heavy atom. The molecular formula is C30H39N5O5S. The summed E-state index contributed by atoms with van der Waals surface area (Å²) in [7, 11) is 0. The van der Waals surface area contributed by atoms with Gasteiger partial charge in [-0.2, -0.15) is 11.8 Å². The van der Waals surface area contributed by atoms with Crippen LogP contribution in [0.4, 0.5) is 4.79 Å². The van der Waals surface area contributed by atoms with Crippen LogP contribution < -0.4 is 21.7 Å². The lowest BCUT2D eigenvalue weighted by Crippen LogP contribution is -2.57. The van der Waals surface area contributed by atoms with Crippen molar-refractivity contribution in [1.29, 1.82) is 0 Å². The third-order valence-corrected chi connectivity index (χ3v) is 6.94. The van der Waals surface area contributed by atoms with Crippen molar-refractivity contribution >= 4 is 46.5 Å². The van der Waals surface area contributed by atoms with Gasteiger partial charge in [0, 0.05) is 29.9 Å². The van der Waals surface area contributed by atoms with Crippen molar-refractivity contribution in [3.63, 3.8) is 0 Å². The molecule has 1 heterocycles. The van der Waals surface area contributed by atoms with Crippen LogP contribution in [0.15, 0.2) is 60.8 Å². The van der Waals surface area contributed by atoms with E-state index >= 15 is 0 Å². The van der Waals surface area contributed by atoms with E-state index in [1.165, 1.54) is 11.8 Å². The lowest BCUT2D eigenvalue weighted by molar-refractivity contribution is -0.132. The SMILES string of the molecule is CSCCC(NC(=O)C(Cc1c[nH]c2ccccc12)NC(=O)OC(C)(C)C)C(=O)NC(Cc1ccccc1)C(N)=O. The molecule has 2 aromatic carbocycles. The summed E-state index contributed by atoms with van der Waals surface area (Å²) in [5, 5.41) is 9.08. The molecule has 3 aromatic rings. The summed E-state index contributed by atoms with van der Waals surface area (Å²) >= 11 is 1.52. The highest BCUT2D eigenvalue weighted by Gasteiger charge is 2.30. The van der Waals surface area contributed by atoms with E-state index in [1.807, 2.05) is 60.9 Å². The zero-order valence-corrected chi connectivity index (χ0v) is 24.7. The number of hydrogen-bond donors (Lipinski definition) is 5. The molecule has 0 bridgehead atoms. The lowest BCUT2D eigenvalue weighted by atomic mass is 10.0. The number of thioether (sulfide) groups is 1. The van der Waals surface area contributed by atoms with Gasteiger partial charge in [-0.05, 0) is 56.4 Å². The molecule has 4 amide bonds. The fraction of sp³-hybridized carbons (Fsp3) is 0.400. The molecule has 6 N–H and O–H groups in total. The first-order chi connectivity index (χ1) is 19.5. The molecule has 0 aliphatic heterocycles. The maximum Gasteiger partial charge on any atom is 0.408 e. The summed E-state index contributed by atoms with van der Waals surface area (Å²) in [5.74, 6) is -1.19. The number of H-pyrrole nitrogens is 1. The van der Waals surface area contributed by atoms with Gasteiger partial charge in [-0.15, -0.1) is 0 Å². The van der Waals surface area contributed by atoms with Gasteiger partial charge >= 0.3 is 6.09 Å². The third-order valence-electron chi connectivity index (χ3n) is 6.29. The minimum absolute atomic E-state index is 0.157. The van der Waals surface area contributed by atoms with Gasteiger partial charge in [0.05, 0.1) is 0 Å². The van der Waals surface area contributed by atoms with E-state index < -0.39 is 47.5 Å². The van der Waals surface area contributed by atoms with Gasteiger partial charge in [0.15, 0.2) is 0 Å². The molecule has 3 atom stereocenters. The summed E-state index contributed by atoms with van der Waals surface area (Å²) in [4.78, 5) is 55.0. The van der Waals surface area contributed by atoms with E-state index in [2.05, 4.69) is 20.9 Å². The van der Waals surface area contributed by atoms with Crippen molar-refractivity contribution in [3.8, 4) is 0 Å². The second-order valence-electron chi connectivity index (χ2n) is 10.8. The number of alkyl carbamates (subject to hydrolysis) is 1. The number of amides is 4. The fourth-order valence-electron chi connectivity index (χ4n) is 4.30. The van der Waals surface area contributed by atoms with Crippen molar-refractivity contribution in [2.45, 2.75) is 63.8 Å². The number of aromatic nitrogens is 1. The molecule has 3 rings (SSSR count). The molecule has 10 nitrogen and oxygen atoms in total. The maximum absolute atomic E-state index is 13.6. The Bertz CT molecular complexity index is 1340. The van der Waals surface area contributed by atoms with Crippen LogP contribution in [0.25, 0.3) is 10.9 Å². The van der Waals surface area contributed by atoms with Crippen LogP contribution in [-0.2, 0) is 32.0 Å². The zero-order valence-electron chi connectivity index (χ0n) is 23.9. The number of aromatic amines is 1. The van der Waals surface area contributed by atoms with Crippen LogP contribution in [0.5, 0.6) is 0 Å². The minimum atomic E-state index is -1.04. The highest BCUT2D eigenvalue weighted by Crippen LogP contribution is 2.20. The molecule has 1 aromatic heterocycles. The first kappa shape index (κ1) is 31.5. The number of nitrogens with two attached hydrogens (primary N) is 1. The van der Waals surface area contributed by atoms with Gasteiger partial charge in [-0.1, -0.05) is 48.5 Å². The number of carbonyl (C=O) groups excluding carboxylic acids is 4. The maximum atomic E-state index is 13.6. The smallest absolute Gasteiger partial charge is 0.408 e. The van der Waals surface area contributed by atoms with Gasteiger partial charge in [0.25, 0.3) is 0 Å². The third kappa shape index (κ3) is 9.86. The molecule has 11 heteroatoms. The van der Waals surface area contributed by atoms with Gasteiger partial charge in [-0.25, -0.2) is 4.79 Å². The number of para-hydroxylation sites is 1. The Balaban J connectivity index is 1.80. The van der Waals surface area contributed by atoms with E-state index in [1.54, 1.807) is 27.0 Å². The topological polar surface area (TPSA) is 155 Å². The fourth-order valence-corrected chi connectivity index (χ4v) is 4.77. The van der Waals surface area contributed by atoms with Crippen molar-refractivity contribution in [3.05, 3.63) is 71.9 Å². The van der Waals surface area contributed by atoms with Crippen molar-refractivity contribution in [2.75, 3.05) is 12.0 Å². The molecule has 0 spiro atoms. The van der Waals surface area contributed by atoms with Crippen molar-refractivity contribution in [1.82, 2.24) is 20.9 Å². The molecule has 0 aliphatic carbocycles. The number of benzene rings is 2. The molecule has 0 saturated carbocycles. The minimum Gasteiger partial charge on any atom is -0.444 e. The van der Waals surface area contributed by atoms with Crippen LogP contribution >= 0.6 is 11.8 Å². The number of fused-ring (bicyclic) bond motifs is 1. The summed E-state index contributed by atoms with van der Waals surface area (Å²) in [6.45, 7) is 5.19. The highest BCUT2D eigenvalue weighted by atomic mass is 32.2. The number of primary amides is 1. The summed E-state index contributed by atoms with van der Waals surface area (Å²) in [6, 6.07) is 13.9. The van der Waals surface area contributed by atoms with E-state index in [4.69, 9.17) is 10.5 Å². The zero-order chi connectivity index (χ0) is 30.0. The van der Waals surface area contributed by atoms with Crippen LogP contribution in [0.2, 0.25) is 0 Å². The van der Waals surface area contributed by atoms with Gasteiger partial charge in [0.1, 0.15) is 23.7 Å². The number of hydrogen-bond acceptors (Lipinski definition) is 6. The molecule has 3 unspecified atom stereocenters. The van der Waals surface area contributed by atoms with E-state index in [0.717, 1.165) is 22.0 Å². The Morgan fingerprint density at radius 1 is 0.878 bits per heavy atom. The monoisotopic (exact) mass is 581 g/mol. The van der Waals surface area contributed by atoms with Crippen LogP contribution in [0, 0.1) is 0 Å². The van der Waals surface area contributed by atoms with Gasteiger partial charge in [-0.3, -0.25) is 14.4 Å². The lowest BCUT2D eigenvalue weighted by Gasteiger charge is -2.26. The van der Waals surface area contributed by atoms with Crippen LogP contribution in [0.1, 0.15) is 38.3 Å². The number of nitrogens with one attached hydrogen (secondary N) is 4.